The number of benzene rings is 2. The number of thiazole rings is 1. The number of fused-ring (bicyclic) bond motifs is 1. The van der Waals surface area contributed by atoms with Gasteiger partial charge in [-0.05, 0) is 55.3 Å². The van der Waals surface area contributed by atoms with Gasteiger partial charge in [-0.15, -0.1) is 0 Å². The second kappa shape index (κ2) is 7.05. The Morgan fingerprint density at radius 2 is 1.70 bits per heavy atom. The van der Waals surface area contributed by atoms with E-state index in [4.69, 9.17) is 16.6 Å². The molecular weight excluding hydrogens is 402 g/mol. The first-order valence-electron chi connectivity index (χ1n) is 8.73. The standard InChI is InChI=1S/C19H20ClN3O2S2/c1-13-11-14(2)18-17(12-13)21-19(26-18)22-7-9-23(10-8-22)27(24,25)16-5-3-15(20)4-6-16/h3-6,11-12H,7-10H2,1-2H3. The van der Waals surface area contributed by atoms with E-state index in [9.17, 15) is 8.42 Å². The molecule has 0 aliphatic carbocycles. The molecule has 0 saturated carbocycles. The van der Waals surface area contributed by atoms with Gasteiger partial charge in [-0.25, -0.2) is 13.4 Å². The van der Waals surface area contributed by atoms with Gasteiger partial charge in [-0.2, -0.15) is 4.31 Å². The van der Waals surface area contributed by atoms with Gasteiger partial charge >= 0.3 is 0 Å². The summed E-state index contributed by atoms with van der Waals surface area (Å²) in [5, 5.41) is 1.49. The summed E-state index contributed by atoms with van der Waals surface area (Å²) in [5.74, 6) is 0. The molecule has 2 aromatic carbocycles. The molecule has 0 unspecified atom stereocenters. The fraction of sp³-hybridized carbons (Fsp3) is 0.316. The van der Waals surface area contributed by atoms with Crippen LogP contribution in [0.3, 0.4) is 0 Å². The van der Waals surface area contributed by atoms with Gasteiger partial charge in [0.15, 0.2) is 5.13 Å². The Balaban J connectivity index is 1.52. The molecule has 1 aliphatic heterocycles. The molecule has 5 nitrogen and oxygen atoms in total. The normalized spacial score (nSPS) is 16.2. The lowest BCUT2D eigenvalue weighted by atomic mass is 10.1. The number of aryl methyl sites for hydroxylation is 2. The van der Waals surface area contributed by atoms with Crippen LogP contribution < -0.4 is 4.90 Å². The molecule has 4 rings (SSSR count). The lowest BCUT2D eigenvalue weighted by Gasteiger charge is -2.33. The molecule has 3 aromatic rings. The van der Waals surface area contributed by atoms with Crippen LogP contribution in [0, 0.1) is 13.8 Å². The third kappa shape index (κ3) is 3.57. The Bertz CT molecular complexity index is 1090. The molecule has 0 radical (unpaired) electrons. The van der Waals surface area contributed by atoms with Gasteiger partial charge in [0.1, 0.15) is 0 Å². The summed E-state index contributed by atoms with van der Waals surface area (Å²) < 4.78 is 28.4. The van der Waals surface area contributed by atoms with Crippen LogP contribution in [0.1, 0.15) is 11.1 Å². The average molecular weight is 422 g/mol. The number of rotatable bonds is 3. The Morgan fingerprint density at radius 1 is 1.04 bits per heavy atom. The zero-order valence-corrected chi connectivity index (χ0v) is 17.5. The molecule has 1 aliphatic rings. The molecule has 8 heteroatoms. The van der Waals surface area contributed by atoms with Crippen molar-refractivity contribution in [1.82, 2.24) is 9.29 Å². The van der Waals surface area contributed by atoms with Crippen molar-refractivity contribution in [2.75, 3.05) is 31.1 Å². The number of sulfonamides is 1. The Labute approximate surface area is 168 Å². The number of nitrogens with zero attached hydrogens (tertiary/aromatic N) is 3. The molecule has 0 bridgehead atoms. The summed E-state index contributed by atoms with van der Waals surface area (Å²) in [6.07, 6.45) is 0. The number of halogens is 1. The molecular formula is C19H20ClN3O2S2. The zero-order valence-electron chi connectivity index (χ0n) is 15.1. The van der Waals surface area contributed by atoms with E-state index in [1.165, 1.54) is 20.1 Å². The van der Waals surface area contributed by atoms with Crippen LogP contribution in [0.25, 0.3) is 10.2 Å². The van der Waals surface area contributed by atoms with E-state index in [0.717, 1.165) is 10.6 Å². The van der Waals surface area contributed by atoms with Crippen molar-refractivity contribution in [3.63, 3.8) is 0 Å². The first-order chi connectivity index (χ1) is 12.8. The lowest BCUT2D eigenvalue weighted by molar-refractivity contribution is 0.385. The predicted octanol–water partition coefficient (Wildman–Crippen LogP) is 4.08. The second-order valence-electron chi connectivity index (χ2n) is 6.77. The smallest absolute Gasteiger partial charge is 0.243 e. The van der Waals surface area contributed by atoms with Gasteiger partial charge in [0.05, 0.1) is 15.1 Å². The minimum atomic E-state index is -3.49. The molecule has 142 valence electrons. The summed E-state index contributed by atoms with van der Waals surface area (Å²) in [6.45, 7) is 6.33. The summed E-state index contributed by atoms with van der Waals surface area (Å²) in [5.41, 5.74) is 3.46. The van der Waals surface area contributed by atoms with Gasteiger partial charge in [0.25, 0.3) is 0 Å². The maximum Gasteiger partial charge on any atom is 0.243 e. The number of hydrogen-bond acceptors (Lipinski definition) is 5. The van der Waals surface area contributed by atoms with Crippen LogP contribution in [0.2, 0.25) is 5.02 Å². The van der Waals surface area contributed by atoms with Gasteiger partial charge in [0, 0.05) is 31.2 Å². The molecule has 2 heterocycles. The zero-order chi connectivity index (χ0) is 19.2. The predicted molar refractivity (Wildman–Crippen MR) is 112 cm³/mol. The minimum Gasteiger partial charge on any atom is -0.345 e. The highest BCUT2D eigenvalue weighted by atomic mass is 35.5. The first-order valence-corrected chi connectivity index (χ1v) is 11.4. The van der Waals surface area contributed by atoms with E-state index >= 15 is 0 Å². The van der Waals surface area contributed by atoms with Crippen molar-refractivity contribution >= 4 is 48.3 Å². The van der Waals surface area contributed by atoms with E-state index in [-0.39, 0.29) is 4.90 Å². The number of hydrogen-bond donors (Lipinski definition) is 0. The van der Waals surface area contributed by atoms with Crippen molar-refractivity contribution in [2.24, 2.45) is 0 Å². The quantitative estimate of drug-likeness (QED) is 0.639. The lowest BCUT2D eigenvalue weighted by Crippen LogP contribution is -2.48. The molecule has 0 amide bonds. The Kier molecular flexibility index (Phi) is 4.88. The first kappa shape index (κ1) is 18.7. The van der Waals surface area contributed by atoms with Gasteiger partial charge in [-0.3, -0.25) is 0 Å². The van der Waals surface area contributed by atoms with E-state index in [2.05, 4.69) is 30.9 Å². The average Bonchev–Trinajstić information content (AvgIpc) is 3.06. The van der Waals surface area contributed by atoms with Crippen molar-refractivity contribution in [2.45, 2.75) is 18.7 Å². The summed E-state index contributed by atoms with van der Waals surface area (Å²) in [7, 11) is -3.49. The topological polar surface area (TPSA) is 53.5 Å². The SMILES string of the molecule is Cc1cc(C)c2sc(N3CCN(S(=O)(=O)c4ccc(Cl)cc4)CC3)nc2c1. The van der Waals surface area contributed by atoms with Crippen LogP contribution in [-0.4, -0.2) is 43.9 Å². The number of piperazine rings is 1. The largest absolute Gasteiger partial charge is 0.345 e. The van der Waals surface area contributed by atoms with Gasteiger partial charge in [-0.1, -0.05) is 29.0 Å². The maximum absolute atomic E-state index is 12.8. The van der Waals surface area contributed by atoms with Gasteiger partial charge in [0.2, 0.25) is 10.0 Å². The van der Waals surface area contributed by atoms with Crippen molar-refractivity contribution in [3.8, 4) is 0 Å². The Hall–Kier alpha value is -1.67. The van der Waals surface area contributed by atoms with E-state index in [1.54, 1.807) is 35.6 Å². The highest BCUT2D eigenvalue weighted by Crippen LogP contribution is 2.33. The fourth-order valence-electron chi connectivity index (χ4n) is 3.38. The van der Waals surface area contributed by atoms with E-state index in [0.29, 0.717) is 31.2 Å². The molecule has 0 N–H and O–H groups in total. The molecule has 27 heavy (non-hydrogen) atoms. The van der Waals surface area contributed by atoms with E-state index in [1.807, 2.05) is 0 Å². The van der Waals surface area contributed by atoms with Crippen molar-refractivity contribution in [3.05, 3.63) is 52.5 Å². The monoisotopic (exact) mass is 421 g/mol. The summed E-state index contributed by atoms with van der Waals surface area (Å²) in [4.78, 5) is 7.23. The highest BCUT2D eigenvalue weighted by molar-refractivity contribution is 7.89. The summed E-state index contributed by atoms with van der Waals surface area (Å²) >= 11 is 7.55. The maximum atomic E-state index is 12.8. The molecule has 0 atom stereocenters. The van der Waals surface area contributed by atoms with Crippen LogP contribution >= 0.6 is 22.9 Å². The van der Waals surface area contributed by atoms with Crippen LogP contribution in [-0.2, 0) is 10.0 Å². The molecule has 1 fully saturated rings. The number of aromatic nitrogens is 1. The molecule has 1 aromatic heterocycles. The minimum absolute atomic E-state index is 0.284. The fourth-order valence-corrected chi connectivity index (χ4v) is 5.99. The molecule has 1 saturated heterocycles. The number of anilines is 1. The van der Waals surface area contributed by atoms with Crippen molar-refractivity contribution in [1.29, 1.82) is 0 Å². The third-order valence-electron chi connectivity index (χ3n) is 4.77. The van der Waals surface area contributed by atoms with Crippen LogP contribution in [0.4, 0.5) is 5.13 Å². The van der Waals surface area contributed by atoms with E-state index < -0.39 is 10.0 Å². The molecule has 0 spiro atoms. The van der Waals surface area contributed by atoms with Crippen LogP contribution in [0.15, 0.2) is 41.3 Å². The van der Waals surface area contributed by atoms with Crippen molar-refractivity contribution < 1.29 is 8.42 Å². The van der Waals surface area contributed by atoms with Crippen LogP contribution in [0.5, 0.6) is 0 Å². The third-order valence-corrected chi connectivity index (χ3v) is 8.20. The highest BCUT2D eigenvalue weighted by Gasteiger charge is 2.29. The second-order valence-corrected chi connectivity index (χ2v) is 10.1. The summed E-state index contributed by atoms with van der Waals surface area (Å²) in [6, 6.07) is 10.6. The Morgan fingerprint density at radius 3 is 2.37 bits per heavy atom. The van der Waals surface area contributed by atoms with Gasteiger partial charge < -0.3 is 4.90 Å².